The molecule has 0 aromatic carbocycles. The molecule has 0 aliphatic carbocycles. The third-order valence-corrected chi connectivity index (χ3v) is 3.86. The summed E-state index contributed by atoms with van der Waals surface area (Å²) in [5.41, 5.74) is -0.790. The summed E-state index contributed by atoms with van der Waals surface area (Å²) in [6.07, 6.45) is -3.19. The number of carbonyl (C=O) groups is 2. The van der Waals surface area contributed by atoms with E-state index in [0.29, 0.717) is 17.6 Å². The number of nitrogens with one attached hydrogen (secondary N) is 1. The Morgan fingerprint density at radius 1 is 1.50 bits per heavy atom. The van der Waals surface area contributed by atoms with Crippen LogP contribution in [0.2, 0.25) is 0 Å². The highest BCUT2D eigenvalue weighted by molar-refractivity contribution is 7.17. The van der Waals surface area contributed by atoms with E-state index in [4.69, 9.17) is 4.74 Å². The smallest absolute Gasteiger partial charge is 0.407 e. The minimum absolute atomic E-state index is 0.00557. The van der Waals surface area contributed by atoms with Crippen molar-refractivity contribution in [1.82, 2.24) is 5.32 Å². The summed E-state index contributed by atoms with van der Waals surface area (Å²) in [6, 6.07) is 1.17. The zero-order valence-corrected chi connectivity index (χ0v) is 14.3. The highest BCUT2D eigenvalue weighted by atomic mass is 32.1. The van der Waals surface area contributed by atoms with Gasteiger partial charge in [-0.3, -0.25) is 14.9 Å². The molecule has 0 spiro atoms. The van der Waals surface area contributed by atoms with Crippen molar-refractivity contribution in [3.05, 3.63) is 26.6 Å². The van der Waals surface area contributed by atoms with Gasteiger partial charge >= 0.3 is 11.1 Å². The first kappa shape index (κ1) is 20.0. The summed E-state index contributed by atoms with van der Waals surface area (Å²) < 4.78 is 5.01. The van der Waals surface area contributed by atoms with Gasteiger partial charge in [0, 0.05) is 6.54 Å². The molecule has 0 radical (unpaired) electrons. The number of ether oxygens (including phenoxy) is 1. The first-order chi connectivity index (χ1) is 11.0. The predicted molar refractivity (Wildman–Crippen MR) is 86.2 cm³/mol. The molecule has 0 bridgehead atoms. The second-order valence-corrected chi connectivity index (χ2v) is 7.08. The second kappa shape index (κ2) is 8.18. The quantitative estimate of drug-likeness (QED) is 0.382. The molecule has 0 saturated carbocycles. The molecule has 1 aromatic heterocycles. The van der Waals surface area contributed by atoms with Crippen molar-refractivity contribution >= 4 is 28.7 Å². The number of hydrogen-bond acceptors (Lipinski definition) is 8. The largest absolute Gasteiger partial charge is 0.444 e. The number of hydrogen-bond donors (Lipinski definition) is 3. The van der Waals surface area contributed by atoms with Crippen LogP contribution in [0.3, 0.4) is 0 Å². The number of aldehydes is 1. The molecule has 10 heteroatoms. The third-order valence-electron chi connectivity index (χ3n) is 2.83. The van der Waals surface area contributed by atoms with Crippen molar-refractivity contribution in [2.24, 2.45) is 0 Å². The van der Waals surface area contributed by atoms with Gasteiger partial charge in [0.1, 0.15) is 11.7 Å². The number of nitrogens with zero attached hydrogens (tertiary/aromatic N) is 1. The van der Waals surface area contributed by atoms with Crippen LogP contribution in [-0.2, 0) is 4.74 Å². The minimum Gasteiger partial charge on any atom is -0.444 e. The van der Waals surface area contributed by atoms with Crippen molar-refractivity contribution in [3.63, 3.8) is 0 Å². The molecule has 1 heterocycles. The molecule has 0 aliphatic heterocycles. The van der Waals surface area contributed by atoms with Gasteiger partial charge in [-0.15, -0.1) is 0 Å². The van der Waals surface area contributed by atoms with Gasteiger partial charge in [0.2, 0.25) is 0 Å². The van der Waals surface area contributed by atoms with Gasteiger partial charge < -0.3 is 20.3 Å². The SMILES string of the molecule is CC(C)(C)OC(=O)NCCC(O)C(O)c1cc(C=O)sc1[N+](=O)[O-]. The molecule has 0 aliphatic rings. The molecular formula is C14H20N2O7S. The number of thiophene rings is 1. The standard InChI is InChI=1S/C14H20N2O7S/c1-14(2,3)23-13(20)15-5-4-10(18)11(19)9-6-8(7-17)24-12(9)16(21)22/h6-7,10-11,18-19H,4-5H2,1-3H3,(H,15,20). The van der Waals surface area contributed by atoms with E-state index >= 15 is 0 Å². The Hall–Kier alpha value is -2.04. The van der Waals surface area contributed by atoms with E-state index < -0.39 is 33.8 Å². The Bertz CT molecular complexity index is 609. The second-order valence-electron chi connectivity index (χ2n) is 6.01. The Morgan fingerprint density at radius 2 is 2.12 bits per heavy atom. The van der Waals surface area contributed by atoms with Crippen LogP contribution in [0, 0.1) is 10.1 Å². The molecule has 2 unspecified atom stereocenters. The molecule has 3 N–H and O–H groups in total. The van der Waals surface area contributed by atoms with Gasteiger partial charge in [-0.1, -0.05) is 11.3 Å². The highest BCUT2D eigenvalue weighted by Gasteiger charge is 2.29. The first-order valence-electron chi connectivity index (χ1n) is 7.11. The average Bonchev–Trinajstić information content (AvgIpc) is 2.88. The maximum atomic E-state index is 11.5. The van der Waals surface area contributed by atoms with Crippen LogP contribution in [0.25, 0.3) is 0 Å². The zero-order valence-electron chi connectivity index (χ0n) is 13.5. The van der Waals surface area contributed by atoms with Crippen molar-refractivity contribution in [2.45, 2.75) is 45.0 Å². The molecule has 9 nitrogen and oxygen atoms in total. The lowest BCUT2D eigenvalue weighted by molar-refractivity contribution is -0.381. The van der Waals surface area contributed by atoms with Crippen molar-refractivity contribution in [2.75, 3.05) is 6.54 Å². The fourth-order valence-corrected chi connectivity index (χ4v) is 2.66. The van der Waals surface area contributed by atoms with Crippen LogP contribution in [0.15, 0.2) is 6.07 Å². The number of carbonyl (C=O) groups excluding carboxylic acids is 2. The van der Waals surface area contributed by atoms with Crippen LogP contribution in [0.4, 0.5) is 9.80 Å². The lowest BCUT2D eigenvalue weighted by atomic mass is 10.0. The van der Waals surface area contributed by atoms with Crippen LogP contribution in [0.5, 0.6) is 0 Å². The zero-order chi connectivity index (χ0) is 18.5. The highest BCUT2D eigenvalue weighted by Crippen LogP contribution is 2.35. The topological polar surface area (TPSA) is 139 Å². The minimum atomic E-state index is -1.55. The summed E-state index contributed by atoms with van der Waals surface area (Å²) in [7, 11) is 0. The molecule has 1 amide bonds. The Labute approximate surface area is 142 Å². The van der Waals surface area contributed by atoms with E-state index in [0.717, 1.165) is 0 Å². The lowest BCUT2D eigenvalue weighted by Crippen LogP contribution is -2.34. The molecule has 1 rings (SSSR count). The summed E-state index contributed by atoms with van der Waals surface area (Å²) in [5.74, 6) is 0. The molecule has 0 saturated heterocycles. The van der Waals surface area contributed by atoms with E-state index in [1.54, 1.807) is 20.8 Å². The number of amides is 1. The Kier molecular flexibility index (Phi) is 6.81. The van der Waals surface area contributed by atoms with Crippen LogP contribution in [0.1, 0.15) is 48.5 Å². The Morgan fingerprint density at radius 3 is 2.62 bits per heavy atom. The van der Waals surface area contributed by atoms with Gasteiger partial charge in [-0.25, -0.2) is 4.79 Å². The maximum Gasteiger partial charge on any atom is 0.407 e. The van der Waals surface area contributed by atoms with Gasteiger partial charge in [0.05, 0.1) is 21.5 Å². The lowest BCUT2D eigenvalue weighted by Gasteiger charge is -2.20. The van der Waals surface area contributed by atoms with Gasteiger partial charge in [0.15, 0.2) is 6.29 Å². The van der Waals surface area contributed by atoms with Crippen molar-refractivity contribution in [1.29, 1.82) is 0 Å². The van der Waals surface area contributed by atoms with Crippen LogP contribution in [-0.4, -0.2) is 45.8 Å². The number of aliphatic hydroxyl groups is 2. The Balaban J connectivity index is 2.64. The molecule has 2 atom stereocenters. The number of alkyl carbamates (subject to hydrolysis) is 1. The van der Waals surface area contributed by atoms with E-state index in [1.165, 1.54) is 6.07 Å². The number of nitro groups is 1. The molecule has 0 fully saturated rings. The summed E-state index contributed by atoms with van der Waals surface area (Å²) in [6.45, 7) is 5.11. The fraction of sp³-hybridized carbons (Fsp3) is 0.571. The summed E-state index contributed by atoms with van der Waals surface area (Å²) in [5, 5.41) is 33.0. The van der Waals surface area contributed by atoms with Crippen LogP contribution >= 0.6 is 11.3 Å². The number of rotatable bonds is 7. The van der Waals surface area contributed by atoms with Crippen molar-refractivity contribution in [3.8, 4) is 0 Å². The molecule has 134 valence electrons. The molecule has 24 heavy (non-hydrogen) atoms. The van der Waals surface area contributed by atoms with E-state index in [1.807, 2.05) is 0 Å². The van der Waals surface area contributed by atoms with Crippen molar-refractivity contribution < 1.29 is 29.5 Å². The van der Waals surface area contributed by atoms with E-state index in [2.05, 4.69) is 5.32 Å². The summed E-state index contributed by atoms with van der Waals surface area (Å²) in [4.78, 5) is 32.5. The summed E-state index contributed by atoms with van der Waals surface area (Å²) >= 11 is 0.620. The van der Waals surface area contributed by atoms with E-state index in [-0.39, 0.29) is 23.4 Å². The number of aliphatic hydroxyl groups excluding tert-OH is 2. The van der Waals surface area contributed by atoms with E-state index in [9.17, 15) is 29.9 Å². The average molecular weight is 360 g/mol. The van der Waals surface area contributed by atoms with Gasteiger partial charge in [-0.2, -0.15) is 0 Å². The van der Waals surface area contributed by atoms with Crippen LogP contribution < -0.4 is 5.32 Å². The predicted octanol–water partition coefficient (Wildman–Crippen LogP) is 1.78. The fourth-order valence-electron chi connectivity index (χ4n) is 1.83. The molecule has 1 aromatic rings. The monoisotopic (exact) mass is 360 g/mol. The van der Waals surface area contributed by atoms with Gasteiger partial charge in [0.25, 0.3) is 0 Å². The first-order valence-corrected chi connectivity index (χ1v) is 7.93. The third kappa shape index (κ3) is 5.87. The maximum absolute atomic E-state index is 11.5. The molecular weight excluding hydrogens is 340 g/mol. The normalized spacial score (nSPS) is 13.9. The van der Waals surface area contributed by atoms with Gasteiger partial charge in [-0.05, 0) is 33.3 Å².